The van der Waals surface area contributed by atoms with E-state index in [1.165, 1.54) is 5.56 Å². The molecule has 2 aliphatic heterocycles. The Morgan fingerprint density at radius 1 is 0.932 bits per heavy atom. The van der Waals surface area contributed by atoms with Gasteiger partial charge in [-0.05, 0) is 62.7 Å². The van der Waals surface area contributed by atoms with Crippen molar-refractivity contribution in [2.45, 2.75) is 32.9 Å². The van der Waals surface area contributed by atoms with Crippen molar-refractivity contribution in [3.63, 3.8) is 0 Å². The van der Waals surface area contributed by atoms with Gasteiger partial charge in [0.25, 0.3) is 0 Å². The molecule has 7 rings (SSSR count). The lowest BCUT2D eigenvalue weighted by Gasteiger charge is -2.60. The first kappa shape index (κ1) is 28.0. The Balaban J connectivity index is 1.09. The number of carbonyl (C=O) groups excluding carboxylic acids is 1. The highest BCUT2D eigenvalue weighted by atomic mass is 16.6. The minimum Gasteiger partial charge on any atom is -0.443 e. The monoisotopic (exact) mass is 588 g/mol. The lowest BCUT2D eigenvalue weighted by atomic mass is 9.73. The maximum absolute atomic E-state index is 12.1. The van der Waals surface area contributed by atoms with Crippen molar-refractivity contribution in [2.24, 2.45) is 5.41 Å². The number of hydrogen-bond acceptors (Lipinski definition) is 8. The van der Waals surface area contributed by atoms with E-state index in [1.807, 2.05) is 68.2 Å². The maximum Gasteiger partial charge on any atom is 0.422 e. The van der Waals surface area contributed by atoms with Crippen LogP contribution in [-0.2, 0) is 11.3 Å². The fraction of sp³-hybridized carbons (Fsp3) is 0.294. The molecule has 10 nitrogen and oxygen atoms in total. The minimum absolute atomic E-state index is 0.241. The van der Waals surface area contributed by atoms with Crippen LogP contribution in [0.1, 0.15) is 26.3 Å². The molecule has 0 atom stereocenters. The van der Waals surface area contributed by atoms with E-state index in [0.29, 0.717) is 11.6 Å². The number of hydrazine groups is 1. The molecule has 10 heteroatoms. The van der Waals surface area contributed by atoms with E-state index in [0.717, 1.165) is 66.4 Å². The molecular formula is C34H36N8O2. The Morgan fingerprint density at radius 2 is 1.68 bits per heavy atom. The maximum atomic E-state index is 12.1. The number of amides is 1. The predicted octanol–water partition coefficient (Wildman–Crippen LogP) is 5.29. The number of pyridine rings is 2. The van der Waals surface area contributed by atoms with Crippen LogP contribution in [0.5, 0.6) is 0 Å². The summed E-state index contributed by atoms with van der Waals surface area (Å²) < 4.78 is 7.44. The SMILES string of the molecule is CC(C)(C)OC(=O)NN1CC2(CN(Cc3ccc(-n4c(-c5cccnc5N)nc5ccc(-c6ccccc6)nc54)cc3)C2)C1. The summed E-state index contributed by atoms with van der Waals surface area (Å²) in [6.45, 7) is 10.2. The fourth-order valence-electron chi connectivity index (χ4n) is 6.25. The van der Waals surface area contributed by atoms with E-state index in [4.69, 9.17) is 20.4 Å². The lowest BCUT2D eigenvalue weighted by Crippen LogP contribution is -2.74. The molecule has 44 heavy (non-hydrogen) atoms. The quantitative estimate of drug-likeness (QED) is 0.275. The van der Waals surface area contributed by atoms with Crippen LogP contribution in [0.2, 0.25) is 0 Å². The highest BCUT2D eigenvalue weighted by Crippen LogP contribution is 2.39. The van der Waals surface area contributed by atoms with Gasteiger partial charge in [0, 0.05) is 55.6 Å². The number of nitrogen functional groups attached to an aromatic ring is 1. The van der Waals surface area contributed by atoms with Gasteiger partial charge in [-0.1, -0.05) is 42.5 Å². The van der Waals surface area contributed by atoms with E-state index in [1.54, 1.807) is 6.20 Å². The Hall–Kier alpha value is -4.80. The zero-order valence-electron chi connectivity index (χ0n) is 25.2. The van der Waals surface area contributed by atoms with E-state index in [9.17, 15) is 4.79 Å². The van der Waals surface area contributed by atoms with Crippen LogP contribution in [0, 0.1) is 5.41 Å². The van der Waals surface area contributed by atoms with Gasteiger partial charge in [0.15, 0.2) is 11.5 Å². The number of carbonyl (C=O) groups is 1. The summed E-state index contributed by atoms with van der Waals surface area (Å²) in [5.74, 6) is 1.13. The largest absolute Gasteiger partial charge is 0.443 e. The second-order valence-corrected chi connectivity index (χ2v) is 12.9. The molecule has 2 aromatic carbocycles. The fourth-order valence-corrected chi connectivity index (χ4v) is 6.25. The smallest absolute Gasteiger partial charge is 0.422 e. The van der Waals surface area contributed by atoms with Crippen molar-refractivity contribution < 1.29 is 9.53 Å². The van der Waals surface area contributed by atoms with E-state index < -0.39 is 11.7 Å². The van der Waals surface area contributed by atoms with Gasteiger partial charge in [0.1, 0.15) is 16.9 Å². The number of nitrogens with one attached hydrogen (secondary N) is 1. The average molecular weight is 589 g/mol. The number of nitrogens with zero attached hydrogens (tertiary/aromatic N) is 6. The Kier molecular flexibility index (Phi) is 6.83. The number of likely N-dealkylation sites (tertiary alicyclic amines) is 1. The van der Waals surface area contributed by atoms with Gasteiger partial charge in [0.2, 0.25) is 0 Å². The number of imidazole rings is 1. The summed E-state index contributed by atoms with van der Waals surface area (Å²) in [6.07, 6.45) is 1.29. The molecule has 2 saturated heterocycles. The molecule has 224 valence electrons. The highest BCUT2D eigenvalue weighted by Gasteiger charge is 2.52. The standard InChI is InChI=1S/C34H36N8O2/c1-33(2,3)44-32(43)39-41-21-34(22-41)19-40(20-34)18-23-11-13-25(14-12-23)42-30(26-10-7-17-36-29(26)35)38-28-16-15-27(37-31(28)42)24-8-5-4-6-9-24/h4-17H,18-22H2,1-3H3,(H2,35,36)(H,39,43). The molecule has 2 fully saturated rings. The lowest BCUT2D eigenvalue weighted by molar-refractivity contribution is -0.136. The summed E-state index contributed by atoms with van der Waals surface area (Å²) in [5, 5.41) is 1.94. The summed E-state index contributed by atoms with van der Waals surface area (Å²) in [6, 6.07) is 26.5. The van der Waals surface area contributed by atoms with Gasteiger partial charge >= 0.3 is 6.09 Å². The third-order valence-corrected chi connectivity index (χ3v) is 8.07. The van der Waals surface area contributed by atoms with Gasteiger partial charge in [-0.15, -0.1) is 0 Å². The normalized spacial score (nSPS) is 16.4. The van der Waals surface area contributed by atoms with E-state index in [-0.39, 0.29) is 5.41 Å². The van der Waals surface area contributed by atoms with Gasteiger partial charge in [0.05, 0.1) is 11.3 Å². The van der Waals surface area contributed by atoms with Crippen LogP contribution in [0.15, 0.2) is 85.1 Å². The summed E-state index contributed by atoms with van der Waals surface area (Å²) >= 11 is 0. The number of rotatable bonds is 6. The molecule has 1 amide bonds. The topological polar surface area (TPSA) is 114 Å². The molecule has 2 aliphatic rings. The number of ether oxygens (including phenoxy) is 1. The highest BCUT2D eigenvalue weighted by molar-refractivity contribution is 5.84. The molecule has 0 bridgehead atoms. The molecule has 1 spiro atoms. The number of aromatic nitrogens is 4. The van der Waals surface area contributed by atoms with Crippen LogP contribution in [0.3, 0.4) is 0 Å². The summed E-state index contributed by atoms with van der Waals surface area (Å²) in [4.78, 5) is 28.8. The van der Waals surface area contributed by atoms with Gasteiger partial charge in [-0.3, -0.25) is 14.9 Å². The molecular weight excluding hydrogens is 552 g/mol. The van der Waals surface area contributed by atoms with Crippen molar-refractivity contribution >= 4 is 23.1 Å². The van der Waals surface area contributed by atoms with Crippen LogP contribution in [-0.4, -0.2) is 67.3 Å². The van der Waals surface area contributed by atoms with Crippen molar-refractivity contribution in [3.05, 3.63) is 90.6 Å². The van der Waals surface area contributed by atoms with Crippen LogP contribution >= 0.6 is 0 Å². The second kappa shape index (κ2) is 10.7. The van der Waals surface area contributed by atoms with E-state index >= 15 is 0 Å². The molecule has 0 aliphatic carbocycles. The predicted molar refractivity (Wildman–Crippen MR) is 171 cm³/mol. The summed E-state index contributed by atoms with van der Waals surface area (Å²) in [5.41, 5.74) is 15.3. The number of fused-ring (bicyclic) bond motifs is 1. The third kappa shape index (κ3) is 5.49. The second-order valence-electron chi connectivity index (χ2n) is 12.9. The van der Waals surface area contributed by atoms with Crippen LogP contribution < -0.4 is 11.2 Å². The molecule has 0 saturated carbocycles. The molecule has 0 unspecified atom stereocenters. The number of nitrogens with two attached hydrogens (primary N) is 1. The zero-order chi connectivity index (χ0) is 30.5. The first-order valence-electron chi connectivity index (χ1n) is 14.9. The van der Waals surface area contributed by atoms with Crippen LogP contribution in [0.25, 0.3) is 39.5 Å². The van der Waals surface area contributed by atoms with Gasteiger partial charge in [-0.2, -0.15) is 0 Å². The number of anilines is 1. The Morgan fingerprint density at radius 3 is 2.39 bits per heavy atom. The number of hydrogen-bond donors (Lipinski definition) is 2. The first-order valence-corrected chi connectivity index (χ1v) is 14.9. The summed E-state index contributed by atoms with van der Waals surface area (Å²) in [7, 11) is 0. The van der Waals surface area contributed by atoms with Crippen LogP contribution in [0.4, 0.5) is 10.6 Å². The van der Waals surface area contributed by atoms with Crippen molar-refractivity contribution in [3.8, 4) is 28.3 Å². The van der Waals surface area contributed by atoms with E-state index in [2.05, 4.69) is 56.3 Å². The Bertz CT molecular complexity index is 1810. The average Bonchev–Trinajstić information content (AvgIpc) is 3.33. The zero-order valence-corrected chi connectivity index (χ0v) is 25.2. The van der Waals surface area contributed by atoms with Crippen molar-refractivity contribution in [1.82, 2.24) is 34.9 Å². The van der Waals surface area contributed by atoms with Gasteiger partial charge < -0.3 is 10.5 Å². The number of benzene rings is 2. The molecule has 3 N–H and O–H groups in total. The van der Waals surface area contributed by atoms with Crippen molar-refractivity contribution in [1.29, 1.82) is 0 Å². The third-order valence-electron chi connectivity index (χ3n) is 8.07. The minimum atomic E-state index is -0.504. The molecule has 5 heterocycles. The first-order chi connectivity index (χ1) is 21.1. The molecule has 5 aromatic rings. The van der Waals surface area contributed by atoms with Gasteiger partial charge in [-0.25, -0.2) is 24.8 Å². The molecule has 3 aromatic heterocycles. The Labute approximate surface area is 256 Å². The molecule has 0 radical (unpaired) electrons. The van der Waals surface area contributed by atoms with Crippen molar-refractivity contribution in [2.75, 3.05) is 31.9 Å².